The van der Waals surface area contributed by atoms with Crippen LogP contribution >= 0.6 is 12.4 Å². The van der Waals surface area contributed by atoms with Gasteiger partial charge in [-0.05, 0) is 31.0 Å². The number of aryl methyl sites for hydroxylation is 2. The van der Waals surface area contributed by atoms with Crippen molar-refractivity contribution < 1.29 is 4.79 Å². The van der Waals surface area contributed by atoms with Crippen molar-refractivity contribution in [1.29, 1.82) is 0 Å². The van der Waals surface area contributed by atoms with Gasteiger partial charge in [0.05, 0.1) is 0 Å². The summed E-state index contributed by atoms with van der Waals surface area (Å²) in [6.07, 6.45) is 0.941. The number of nitrogen functional groups attached to an aromatic ring is 1. The molecule has 0 saturated heterocycles. The van der Waals surface area contributed by atoms with Crippen molar-refractivity contribution in [2.45, 2.75) is 20.3 Å². The number of carbonyl (C=O) groups is 1. The average Bonchev–Trinajstić information content (AvgIpc) is 2.44. The molecule has 21 heavy (non-hydrogen) atoms. The number of carbonyl (C=O) groups excluding carboxylic acids is 1. The minimum Gasteiger partial charge on any atom is -0.384 e. The lowest BCUT2D eigenvalue weighted by Crippen LogP contribution is -2.30. The normalized spacial score (nSPS) is 9.62. The maximum absolute atomic E-state index is 11.9. The van der Waals surface area contributed by atoms with Gasteiger partial charge in [-0.25, -0.2) is 4.98 Å². The summed E-state index contributed by atoms with van der Waals surface area (Å²) >= 11 is 0. The molecule has 6 nitrogen and oxygen atoms in total. The van der Waals surface area contributed by atoms with Crippen molar-refractivity contribution in [1.82, 2.24) is 15.4 Å². The van der Waals surface area contributed by atoms with Gasteiger partial charge in [-0.1, -0.05) is 19.1 Å². The number of amides is 1. The van der Waals surface area contributed by atoms with Crippen LogP contribution in [0.3, 0.4) is 0 Å². The van der Waals surface area contributed by atoms with Crippen LogP contribution in [-0.4, -0.2) is 15.9 Å². The van der Waals surface area contributed by atoms with Crippen LogP contribution in [0.15, 0.2) is 30.3 Å². The number of nitrogens with one attached hydrogen (secondary N) is 2. The zero-order valence-electron chi connectivity index (χ0n) is 11.9. The quantitative estimate of drug-likeness (QED) is 0.752. The van der Waals surface area contributed by atoms with E-state index in [9.17, 15) is 4.79 Å². The number of anilines is 2. The zero-order valence-corrected chi connectivity index (χ0v) is 12.7. The van der Waals surface area contributed by atoms with Crippen molar-refractivity contribution >= 4 is 30.1 Å². The molecule has 0 radical (unpaired) electrons. The second kappa shape index (κ2) is 7.44. The van der Waals surface area contributed by atoms with E-state index >= 15 is 0 Å². The van der Waals surface area contributed by atoms with Crippen LogP contribution in [0.25, 0.3) is 0 Å². The number of hydrogen-bond donors (Lipinski definition) is 3. The lowest BCUT2D eigenvalue weighted by Gasteiger charge is -2.08. The summed E-state index contributed by atoms with van der Waals surface area (Å²) in [5, 5.41) is 0. The first kappa shape index (κ1) is 16.7. The molecule has 0 spiro atoms. The fraction of sp³-hybridized carbons (Fsp3) is 0.214. The molecule has 1 heterocycles. The molecule has 112 valence electrons. The average molecular weight is 308 g/mol. The molecule has 0 aliphatic rings. The molecule has 2 aromatic rings. The second-order valence-corrected chi connectivity index (χ2v) is 4.39. The molecule has 0 saturated carbocycles. The fourth-order valence-corrected chi connectivity index (χ4v) is 1.73. The Morgan fingerprint density at radius 3 is 2.48 bits per heavy atom. The van der Waals surface area contributed by atoms with Gasteiger partial charge in [0.2, 0.25) is 5.95 Å². The Morgan fingerprint density at radius 2 is 1.90 bits per heavy atom. The third-order valence-corrected chi connectivity index (χ3v) is 2.79. The van der Waals surface area contributed by atoms with Gasteiger partial charge in [0.1, 0.15) is 5.82 Å². The van der Waals surface area contributed by atoms with E-state index in [-0.39, 0.29) is 24.3 Å². The number of nitrogens with two attached hydrogens (primary N) is 1. The molecule has 0 bridgehead atoms. The van der Waals surface area contributed by atoms with E-state index in [0.717, 1.165) is 12.1 Å². The van der Waals surface area contributed by atoms with Crippen molar-refractivity contribution in [3.63, 3.8) is 0 Å². The van der Waals surface area contributed by atoms with Crippen LogP contribution < -0.4 is 16.6 Å². The van der Waals surface area contributed by atoms with E-state index < -0.39 is 0 Å². The molecule has 0 fully saturated rings. The van der Waals surface area contributed by atoms with Crippen molar-refractivity contribution in [3.05, 3.63) is 47.2 Å². The van der Waals surface area contributed by atoms with Gasteiger partial charge in [0, 0.05) is 17.3 Å². The van der Waals surface area contributed by atoms with E-state index in [1.165, 1.54) is 5.56 Å². The van der Waals surface area contributed by atoms with Gasteiger partial charge in [-0.2, -0.15) is 4.98 Å². The minimum absolute atomic E-state index is 0. The third-order valence-electron chi connectivity index (χ3n) is 2.79. The molecular formula is C14H18ClN5O. The summed E-state index contributed by atoms with van der Waals surface area (Å²) in [5.74, 6) is 0.360. The van der Waals surface area contributed by atoms with Crippen molar-refractivity contribution in [2.24, 2.45) is 0 Å². The maximum atomic E-state index is 11.9. The standard InChI is InChI=1S/C14H17N5O.ClH/c1-3-10-4-6-11(7-5-10)13(20)18-19-14-16-9(2)8-12(15)17-14;/h4-8H,3H2,1-2H3,(H,18,20)(H3,15,16,17,19);1H. The number of hydrazine groups is 1. The molecule has 1 amide bonds. The van der Waals surface area contributed by atoms with Gasteiger partial charge in [-0.3, -0.25) is 15.6 Å². The first-order valence-corrected chi connectivity index (χ1v) is 6.35. The van der Waals surface area contributed by atoms with Gasteiger partial charge in [0.25, 0.3) is 5.91 Å². The van der Waals surface area contributed by atoms with E-state index in [1.807, 2.05) is 12.1 Å². The maximum Gasteiger partial charge on any atom is 0.269 e. The number of aromatic nitrogens is 2. The highest BCUT2D eigenvalue weighted by Gasteiger charge is 2.06. The predicted octanol–water partition coefficient (Wildman–Crippen LogP) is 2.11. The molecule has 0 unspecified atom stereocenters. The number of rotatable bonds is 4. The molecule has 1 aromatic heterocycles. The van der Waals surface area contributed by atoms with Crippen LogP contribution in [0.4, 0.5) is 11.8 Å². The van der Waals surface area contributed by atoms with Crippen molar-refractivity contribution in [3.8, 4) is 0 Å². The molecule has 0 aliphatic carbocycles. The zero-order chi connectivity index (χ0) is 14.5. The molecule has 0 atom stereocenters. The Balaban J connectivity index is 0.00000220. The van der Waals surface area contributed by atoms with Gasteiger partial charge < -0.3 is 5.73 Å². The van der Waals surface area contributed by atoms with Crippen LogP contribution in [0.1, 0.15) is 28.5 Å². The summed E-state index contributed by atoms with van der Waals surface area (Å²) in [7, 11) is 0. The first-order valence-electron chi connectivity index (χ1n) is 6.35. The van der Waals surface area contributed by atoms with Crippen LogP contribution in [-0.2, 0) is 6.42 Å². The Hall–Kier alpha value is -2.34. The molecule has 4 N–H and O–H groups in total. The van der Waals surface area contributed by atoms with E-state index in [4.69, 9.17) is 5.73 Å². The molecular weight excluding hydrogens is 290 g/mol. The molecule has 7 heteroatoms. The Kier molecular flexibility index (Phi) is 5.92. The van der Waals surface area contributed by atoms with Gasteiger partial charge >= 0.3 is 0 Å². The highest BCUT2D eigenvalue weighted by molar-refractivity contribution is 5.94. The molecule has 1 aromatic carbocycles. The Labute approximate surface area is 129 Å². The number of hydrogen-bond acceptors (Lipinski definition) is 5. The Bertz CT molecular complexity index is 595. The highest BCUT2D eigenvalue weighted by atomic mass is 35.5. The molecule has 2 rings (SSSR count). The van der Waals surface area contributed by atoms with Crippen molar-refractivity contribution in [2.75, 3.05) is 11.2 Å². The summed E-state index contributed by atoms with van der Waals surface area (Å²) in [4.78, 5) is 20.0. The lowest BCUT2D eigenvalue weighted by molar-refractivity contribution is 0.0962. The first-order chi connectivity index (χ1) is 9.58. The van der Waals surface area contributed by atoms with E-state index in [0.29, 0.717) is 11.4 Å². The van der Waals surface area contributed by atoms with E-state index in [2.05, 4.69) is 27.7 Å². The number of benzene rings is 1. The smallest absolute Gasteiger partial charge is 0.269 e. The topological polar surface area (TPSA) is 92.9 Å². The summed E-state index contributed by atoms with van der Waals surface area (Å²) < 4.78 is 0. The predicted molar refractivity (Wildman–Crippen MR) is 85.3 cm³/mol. The highest BCUT2D eigenvalue weighted by Crippen LogP contribution is 2.06. The molecule has 0 aliphatic heterocycles. The van der Waals surface area contributed by atoms with Crippen LogP contribution in [0.2, 0.25) is 0 Å². The number of halogens is 1. The monoisotopic (exact) mass is 307 g/mol. The van der Waals surface area contributed by atoms with Gasteiger partial charge in [0.15, 0.2) is 0 Å². The van der Waals surface area contributed by atoms with Gasteiger partial charge in [-0.15, -0.1) is 12.4 Å². The third kappa shape index (κ3) is 4.61. The summed E-state index contributed by atoms with van der Waals surface area (Å²) in [5.41, 5.74) is 13.3. The van der Waals surface area contributed by atoms with Crippen LogP contribution in [0.5, 0.6) is 0 Å². The summed E-state index contributed by atoms with van der Waals surface area (Å²) in [6, 6.07) is 9.06. The van der Waals surface area contributed by atoms with Crippen LogP contribution in [0, 0.1) is 6.92 Å². The van der Waals surface area contributed by atoms with E-state index in [1.54, 1.807) is 25.1 Å². The second-order valence-electron chi connectivity index (χ2n) is 4.39. The Morgan fingerprint density at radius 1 is 1.24 bits per heavy atom. The number of nitrogens with zero attached hydrogens (tertiary/aromatic N) is 2. The minimum atomic E-state index is -0.253. The fourth-order valence-electron chi connectivity index (χ4n) is 1.73. The largest absolute Gasteiger partial charge is 0.384 e. The summed E-state index contributed by atoms with van der Waals surface area (Å²) in [6.45, 7) is 3.87. The lowest BCUT2D eigenvalue weighted by atomic mass is 10.1. The SMILES string of the molecule is CCc1ccc(C(=O)NNc2nc(C)cc(N)n2)cc1.Cl.